The topological polar surface area (TPSA) is 71.0 Å². The molecule has 2 aliphatic rings. The summed E-state index contributed by atoms with van der Waals surface area (Å²) in [5, 5.41) is 3.20. The Kier molecular flexibility index (Phi) is 5.42. The Labute approximate surface area is 159 Å². The van der Waals surface area contributed by atoms with Crippen LogP contribution >= 0.6 is 0 Å². The first-order chi connectivity index (χ1) is 13.3. The number of rotatable bonds is 4. The van der Waals surface area contributed by atoms with Gasteiger partial charge in [0, 0.05) is 43.0 Å². The van der Waals surface area contributed by atoms with Crippen molar-refractivity contribution in [1.29, 1.82) is 0 Å². The first-order valence-corrected chi connectivity index (χ1v) is 9.73. The molecule has 6 nitrogen and oxygen atoms in total. The van der Waals surface area contributed by atoms with E-state index in [0.29, 0.717) is 17.6 Å². The molecule has 1 aliphatic heterocycles. The van der Waals surface area contributed by atoms with Gasteiger partial charge in [-0.25, -0.2) is 9.97 Å². The van der Waals surface area contributed by atoms with E-state index in [2.05, 4.69) is 38.4 Å². The predicted octanol–water partition coefficient (Wildman–Crippen LogP) is 3.68. The van der Waals surface area contributed by atoms with Crippen LogP contribution in [0.4, 0.5) is 11.6 Å². The predicted molar refractivity (Wildman–Crippen MR) is 105 cm³/mol. The van der Waals surface area contributed by atoms with E-state index in [1.807, 2.05) is 12.1 Å². The van der Waals surface area contributed by atoms with E-state index >= 15 is 0 Å². The molecule has 6 heteroatoms. The number of amides is 1. The monoisotopic (exact) mass is 363 g/mol. The van der Waals surface area contributed by atoms with Gasteiger partial charge in [0.2, 0.25) is 5.91 Å². The highest BCUT2D eigenvalue weighted by Gasteiger charge is 2.29. The fourth-order valence-electron chi connectivity index (χ4n) is 3.92. The van der Waals surface area contributed by atoms with Gasteiger partial charge in [-0.2, -0.15) is 0 Å². The number of nitrogens with one attached hydrogen (secondary N) is 1. The first kappa shape index (κ1) is 17.6. The molecule has 1 amide bonds. The van der Waals surface area contributed by atoms with Gasteiger partial charge in [-0.1, -0.05) is 18.2 Å². The quantitative estimate of drug-likeness (QED) is 0.839. The third-order valence-electron chi connectivity index (χ3n) is 5.43. The largest absolute Gasteiger partial charge is 0.342 e. The number of piperidine rings is 1. The van der Waals surface area contributed by atoms with Crippen LogP contribution in [0, 0.1) is 5.92 Å². The van der Waals surface area contributed by atoms with Crippen molar-refractivity contribution in [1.82, 2.24) is 19.9 Å². The number of likely N-dealkylation sites (tertiary alicyclic amines) is 1. The van der Waals surface area contributed by atoms with E-state index in [1.165, 1.54) is 0 Å². The smallest absolute Gasteiger partial charge is 0.226 e. The molecule has 0 aromatic carbocycles. The molecule has 140 valence electrons. The summed E-state index contributed by atoms with van der Waals surface area (Å²) in [7, 11) is 0. The van der Waals surface area contributed by atoms with Gasteiger partial charge in [0.15, 0.2) is 0 Å². The van der Waals surface area contributed by atoms with Crippen molar-refractivity contribution in [2.45, 2.75) is 38.0 Å². The lowest BCUT2D eigenvalue weighted by Crippen LogP contribution is -2.41. The Morgan fingerprint density at radius 1 is 1.07 bits per heavy atom. The SMILES string of the molecule is O=C([C@H]1CC=CCC1)N1CCC(c2cccc(Nc3cnccn3)n2)CC1. The minimum Gasteiger partial charge on any atom is -0.342 e. The van der Waals surface area contributed by atoms with Crippen molar-refractivity contribution in [3.8, 4) is 0 Å². The summed E-state index contributed by atoms with van der Waals surface area (Å²) < 4.78 is 0. The summed E-state index contributed by atoms with van der Waals surface area (Å²) in [5.41, 5.74) is 1.08. The molecule has 4 rings (SSSR count). The van der Waals surface area contributed by atoms with Crippen LogP contribution in [0.25, 0.3) is 0 Å². The van der Waals surface area contributed by atoms with Gasteiger partial charge < -0.3 is 10.2 Å². The Hall–Kier alpha value is -2.76. The second-order valence-corrected chi connectivity index (χ2v) is 7.24. The fraction of sp³-hybridized carbons (Fsp3) is 0.429. The molecule has 1 atom stereocenters. The highest BCUT2D eigenvalue weighted by atomic mass is 16.2. The van der Waals surface area contributed by atoms with E-state index in [0.717, 1.165) is 56.7 Å². The second kappa shape index (κ2) is 8.29. The average Bonchev–Trinajstić information content (AvgIpc) is 2.75. The number of pyridine rings is 1. The molecular formula is C21H25N5O. The van der Waals surface area contributed by atoms with Gasteiger partial charge in [-0.05, 0) is 44.2 Å². The molecule has 1 saturated heterocycles. The molecule has 0 unspecified atom stereocenters. The third-order valence-corrected chi connectivity index (χ3v) is 5.43. The Morgan fingerprint density at radius 2 is 1.96 bits per heavy atom. The molecule has 0 saturated carbocycles. The Morgan fingerprint density at radius 3 is 2.70 bits per heavy atom. The molecule has 2 aromatic heterocycles. The van der Waals surface area contributed by atoms with Gasteiger partial charge in [-0.3, -0.25) is 9.78 Å². The number of hydrogen-bond acceptors (Lipinski definition) is 5. The van der Waals surface area contributed by atoms with E-state index in [9.17, 15) is 4.79 Å². The lowest BCUT2D eigenvalue weighted by atomic mass is 9.89. The van der Waals surface area contributed by atoms with Gasteiger partial charge in [-0.15, -0.1) is 0 Å². The van der Waals surface area contributed by atoms with E-state index < -0.39 is 0 Å². The maximum Gasteiger partial charge on any atom is 0.226 e. The second-order valence-electron chi connectivity index (χ2n) is 7.24. The van der Waals surface area contributed by atoms with Crippen molar-refractivity contribution in [3.05, 3.63) is 54.6 Å². The minimum absolute atomic E-state index is 0.184. The molecule has 27 heavy (non-hydrogen) atoms. The Bertz CT molecular complexity index is 799. The maximum absolute atomic E-state index is 12.7. The number of carbonyl (C=O) groups excluding carboxylic acids is 1. The normalized spacial score (nSPS) is 20.4. The van der Waals surface area contributed by atoms with Crippen LogP contribution in [0.15, 0.2) is 48.9 Å². The zero-order valence-corrected chi connectivity index (χ0v) is 15.4. The zero-order chi connectivity index (χ0) is 18.5. The molecular weight excluding hydrogens is 338 g/mol. The number of hydrogen-bond donors (Lipinski definition) is 1. The minimum atomic E-state index is 0.184. The summed E-state index contributed by atoms with van der Waals surface area (Å²) in [6.07, 6.45) is 14.2. The zero-order valence-electron chi connectivity index (χ0n) is 15.4. The summed E-state index contributed by atoms with van der Waals surface area (Å²) in [5.74, 6) is 2.38. The molecule has 0 radical (unpaired) electrons. The lowest BCUT2D eigenvalue weighted by molar-refractivity contribution is -0.136. The van der Waals surface area contributed by atoms with Gasteiger partial charge >= 0.3 is 0 Å². The first-order valence-electron chi connectivity index (χ1n) is 9.73. The van der Waals surface area contributed by atoms with Gasteiger partial charge in [0.1, 0.15) is 11.6 Å². The summed E-state index contributed by atoms with van der Waals surface area (Å²) in [6.45, 7) is 1.65. The van der Waals surface area contributed by atoms with Crippen LogP contribution in [0.3, 0.4) is 0 Å². The Balaban J connectivity index is 1.36. The van der Waals surface area contributed by atoms with Crippen molar-refractivity contribution in [2.75, 3.05) is 18.4 Å². The van der Waals surface area contributed by atoms with E-state index in [-0.39, 0.29) is 5.92 Å². The molecule has 3 heterocycles. The number of allylic oxidation sites excluding steroid dienone is 2. The number of anilines is 2. The maximum atomic E-state index is 12.7. The van der Waals surface area contributed by atoms with Crippen LogP contribution in [0.1, 0.15) is 43.7 Å². The van der Waals surface area contributed by atoms with Crippen molar-refractivity contribution < 1.29 is 4.79 Å². The summed E-state index contributed by atoms with van der Waals surface area (Å²) in [6, 6.07) is 6.04. The molecule has 1 aliphatic carbocycles. The van der Waals surface area contributed by atoms with Crippen LogP contribution < -0.4 is 5.32 Å². The standard InChI is InChI=1S/C21H25N5O/c27-21(17-5-2-1-3-6-17)26-13-9-16(10-14-26)18-7-4-8-19(24-18)25-20-15-22-11-12-23-20/h1-2,4,7-8,11-12,15-17H,3,5-6,9-10,13-14H2,(H,23,24,25)/t17-/m0/s1. The van der Waals surface area contributed by atoms with Crippen molar-refractivity contribution in [2.24, 2.45) is 5.92 Å². The molecule has 2 aromatic rings. The summed E-state index contributed by atoms with van der Waals surface area (Å²) in [4.78, 5) is 27.8. The number of aromatic nitrogens is 3. The van der Waals surface area contributed by atoms with Crippen LogP contribution in [-0.4, -0.2) is 38.8 Å². The highest BCUT2D eigenvalue weighted by molar-refractivity contribution is 5.79. The van der Waals surface area contributed by atoms with Gasteiger partial charge in [0.25, 0.3) is 0 Å². The molecule has 0 bridgehead atoms. The van der Waals surface area contributed by atoms with Crippen LogP contribution in [-0.2, 0) is 4.79 Å². The molecule has 1 fully saturated rings. The van der Waals surface area contributed by atoms with Crippen molar-refractivity contribution >= 4 is 17.5 Å². The molecule has 1 N–H and O–H groups in total. The molecule has 0 spiro atoms. The van der Waals surface area contributed by atoms with Crippen LogP contribution in [0.5, 0.6) is 0 Å². The fourth-order valence-corrected chi connectivity index (χ4v) is 3.92. The summed E-state index contributed by atoms with van der Waals surface area (Å²) >= 11 is 0. The van der Waals surface area contributed by atoms with Crippen molar-refractivity contribution in [3.63, 3.8) is 0 Å². The lowest BCUT2D eigenvalue weighted by Gasteiger charge is -2.34. The third kappa shape index (κ3) is 4.32. The number of nitrogens with zero attached hydrogens (tertiary/aromatic N) is 4. The average molecular weight is 363 g/mol. The number of carbonyl (C=O) groups is 1. The van der Waals surface area contributed by atoms with E-state index in [1.54, 1.807) is 18.6 Å². The van der Waals surface area contributed by atoms with Gasteiger partial charge in [0.05, 0.1) is 6.20 Å². The van der Waals surface area contributed by atoms with E-state index in [4.69, 9.17) is 4.98 Å². The highest BCUT2D eigenvalue weighted by Crippen LogP contribution is 2.30. The van der Waals surface area contributed by atoms with Crippen LogP contribution in [0.2, 0.25) is 0 Å².